The molecule has 0 saturated heterocycles. The first-order valence-electron chi connectivity index (χ1n) is 5.56. The molecule has 0 aliphatic heterocycles. The lowest BCUT2D eigenvalue weighted by atomic mass is 9.94. The van der Waals surface area contributed by atoms with Gasteiger partial charge in [-0.05, 0) is 19.3 Å². The molecule has 1 rings (SSSR count). The minimum atomic E-state index is 0.549. The van der Waals surface area contributed by atoms with Gasteiger partial charge in [0.15, 0.2) is 0 Å². The Morgan fingerprint density at radius 3 is 2.62 bits per heavy atom. The number of nitrogens with one attached hydrogen (secondary N) is 1. The average molecular weight is 179 g/mol. The van der Waals surface area contributed by atoms with E-state index in [-0.39, 0.29) is 0 Å². The minimum Gasteiger partial charge on any atom is -0.310 e. The smallest absolute Gasteiger partial charge is 0.0240 e. The van der Waals surface area contributed by atoms with Crippen LogP contribution in [-0.2, 0) is 0 Å². The number of hydrogen-bond donors (Lipinski definition) is 1. The third kappa shape index (κ3) is 3.83. The molecule has 1 aliphatic carbocycles. The van der Waals surface area contributed by atoms with E-state index in [1.807, 2.05) is 0 Å². The van der Waals surface area contributed by atoms with Crippen molar-refractivity contribution in [3.63, 3.8) is 0 Å². The molecule has 1 fully saturated rings. The summed E-state index contributed by atoms with van der Waals surface area (Å²) in [5.41, 5.74) is 0. The van der Waals surface area contributed by atoms with Crippen LogP contribution in [0.4, 0.5) is 0 Å². The monoisotopic (exact) mass is 179 g/mol. The Bertz CT molecular complexity index is 162. The third-order valence-electron chi connectivity index (χ3n) is 2.93. The fraction of sp³-hybridized carbons (Fsp3) is 0.833. The van der Waals surface area contributed by atoms with Crippen molar-refractivity contribution in [2.75, 3.05) is 0 Å². The molecular formula is C12H21N. The zero-order valence-corrected chi connectivity index (χ0v) is 8.68. The predicted octanol–water partition coefficient (Wildman–Crippen LogP) is 2.71. The Kier molecular flexibility index (Phi) is 4.93. The fourth-order valence-electron chi connectivity index (χ4n) is 2.07. The van der Waals surface area contributed by atoms with Crippen molar-refractivity contribution in [2.24, 2.45) is 0 Å². The van der Waals surface area contributed by atoms with Crippen LogP contribution in [0.1, 0.15) is 51.9 Å². The summed E-state index contributed by atoms with van der Waals surface area (Å²) in [6.45, 7) is 2.21. The van der Waals surface area contributed by atoms with Gasteiger partial charge in [0.2, 0.25) is 0 Å². The number of hydrogen-bond acceptors (Lipinski definition) is 1. The molecule has 1 heteroatoms. The lowest BCUT2D eigenvalue weighted by Gasteiger charge is -2.27. The molecule has 1 saturated carbocycles. The molecule has 0 aromatic heterocycles. The summed E-state index contributed by atoms with van der Waals surface area (Å²) < 4.78 is 0. The molecule has 1 unspecified atom stereocenters. The Labute approximate surface area is 82.3 Å². The van der Waals surface area contributed by atoms with Crippen molar-refractivity contribution >= 4 is 0 Å². The zero-order valence-electron chi connectivity index (χ0n) is 8.68. The van der Waals surface area contributed by atoms with Crippen LogP contribution in [0.5, 0.6) is 0 Å². The van der Waals surface area contributed by atoms with Gasteiger partial charge in [0, 0.05) is 18.5 Å². The maximum Gasteiger partial charge on any atom is 0.0240 e. The highest BCUT2D eigenvalue weighted by atomic mass is 14.9. The van der Waals surface area contributed by atoms with Crippen LogP contribution >= 0.6 is 0 Å². The van der Waals surface area contributed by atoms with Crippen LogP contribution in [0.15, 0.2) is 0 Å². The van der Waals surface area contributed by atoms with E-state index in [0.717, 1.165) is 18.9 Å². The van der Waals surface area contributed by atoms with Gasteiger partial charge in [-0.2, -0.15) is 0 Å². The standard InChI is InChI=1S/C12H21N/c1-3-8-11(4-2)13-12-9-6-5-7-10-12/h1,11-13H,4-10H2,2H3. The van der Waals surface area contributed by atoms with Crippen LogP contribution in [0, 0.1) is 12.3 Å². The lowest BCUT2D eigenvalue weighted by Crippen LogP contribution is -2.38. The van der Waals surface area contributed by atoms with E-state index in [1.54, 1.807) is 0 Å². The fourth-order valence-corrected chi connectivity index (χ4v) is 2.07. The van der Waals surface area contributed by atoms with Crippen molar-refractivity contribution in [3.8, 4) is 12.3 Å². The van der Waals surface area contributed by atoms with Crippen LogP contribution in [-0.4, -0.2) is 12.1 Å². The maximum atomic E-state index is 5.32. The van der Waals surface area contributed by atoms with Gasteiger partial charge in [0.1, 0.15) is 0 Å². The van der Waals surface area contributed by atoms with Crippen LogP contribution in [0.3, 0.4) is 0 Å². The Hall–Kier alpha value is -0.480. The van der Waals surface area contributed by atoms with E-state index in [1.165, 1.54) is 32.1 Å². The van der Waals surface area contributed by atoms with Gasteiger partial charge in [-0.15, -0.1) is 12.3 Å². The molecule has 0 radical (unpaired) electrons. The van der Waals surface area contributed by atoms with Gasteiger partial charge in [0.25, 0.3) is 0 Å². The summed E-state index contributed by atoms with van der Waals surface area (Å²) in [6.07, 6.45) is 14.3. The molecule has 0 heterocycles. The first-order chi connectivity index (χ1) is 6.36. The topological polar surface area (TPSA) is 12.0 Å². The molecule has 1 nitrogen and oxygen atoms in total. The van der Waals surface area contributed by atoms with Crippen LogP contribution in [0.2, 0.25) is 0 Å². The third-order valence-corrected chi connectivity index (χ3v) is 2.93. The summed E-state index contributed by atoms with van der Waals surface area (Å²) in [5, 5.41) is 3.66. The Morgan fingerprint density at radius 1 is 1.38 bits per heavy atom. The zero-order chi connectivity index (χ0) is 9.52. The van der Waals surface area contributed by atoms with Gasteiger partial charge in [-0.1, -0.05) is 26.2 Å². The van der Waals surface area contributed by atoms with Crippen LogP contribution < -0.4 is 5.32 Å². The Morgan fingerprint density at radius 2 is 2.08 bits per heavy atom. The van der Waals surface area contributed by atoms with Crippen molar-refractivity contribution in [2.45, 2.75) is 64.0 Å². The molecule has 74 valence electrons. The van der Waals surface area contributed by atoms with Crippen molar-refractivity contribution in [1.29, 1.82) is 0 Å². The number of terminal acetylenes is 1. The molecule has 1 N–H and O–H groups in total. The van der Waals surface area contributed by atoms with E-state index in [0.29, 0.717) is 6.04 Å². The second kappa shape index (κ2) is 6.05. The Balaban J connectivity index is 2.23. The van der Waals surface area contributed by atoms with Crippen LogP contribution in [0.25, 0.3) is 0 Å². The van der Waals surface area contributed by atoms with Crippen molar-refractivity contribution in [1.82, 2.24) is 5.32 Å². The van der Waals surface area contributed by atoms with Gasteiger partial charge >= 0.3 is 0 Å². The first-order valence-corrected chi connectivity index (χ1v) is 5.56. The summed E-state index contributed by atoms with van der Waals surface area (Å²) in [6, 6.07) is 1.29. The molecule has 0 amide bonds. The van der Waals surface area contributed by atoms with E-state index < -0.39 is 0 Å². The van der Waals surface area contributed by atoms with E-state index in [9.17, 15) is 0 Å². The molecule has 0 aromatic rings. The van der Waals surface area contributed by atoms with Crippen molar-refractivity contribution < 1.29 is 0 Å². The lowest BCUT2D eigenvalue weighted by molar-refractivity contribution is 0.333. The summed E-state index contributed by atoms with van der Waals surface area (Å²) >= 11 is 0. The predicted molar refractivity (Wildman–Crippen MR) is 57.5 cm³/mol. The number of rotatable bonds is 4. The van der Waals surface area contributed by atoms with E-state index in [4.69, 9.17) is 6.42 Å². The normalized spacial score (nSPS) is 20.9. The largest absolute Gasteiger partial charge is 0.310 e. The van der Waals surface area contributed by atoms with Gasteiger partial charge in [-0.3, -0.25) is 0 Å². The highest BCUT2D eigenvalue weighted by Crippen LogP contribution is 2.18. The highest BCUT2D eigenvalue weighted by Gasteiger charge is 2.15. The van der Waals surface area contributed by atoms with Gasteiger partial charge in [0.05, 0.1) is 0 Å². The van der Waals surface area contributed by atoms with E-state index in [2.05, 4.69) is 18.2 Å². The first kappa shape index (κ1) is 10.6. The quantitative estimate of drug-likeness (QED) is 0.654. The molecule has 0 aromatic carbocycles. The molecule has 1 atom stereocenters. The SMILES string of the molecule is C#CCC(CC)NC1CCCCC1. The molecular weight excluding hydrogens is 158 g/mol. The van der Waals surface area contributed by atoms with Gasteiger partial charge in [-0.25, -0.2) is 0 Å². The molecule has 1 aliphatic rings. The second-order valence-electron chi connectivity index (χ2n) is 4.02. The summed E-state index contributed by atoms with van der Waals surface area (Å²) in [4.78, 5) is 0. The maximum absolute atomic E-state index is 5.32. The summed E-state index contributed by atoms with van der Waals surface area (Å²) in [7, 11) is 0. The molecule has 0 bridgehead atoms. The van der Waals surface area contributed by atoms with Crippen molar-refractivity contribution in [3.05, 3.63) is 0 Å². The average Bonchev–Trinajstić information content (AvgIpc) is 2.19. The minimum absolute atomic E-state index is 0.549. The highest BCUT2D eigenvalue weighted by molar-refractivity contribution is 4.90. The van der Waals surface area contributed by atoms with Gasteiger partial charge < -0.3 is 5.32 Å². The molecule has 0 spiro atoms. The molecule has 13 heavy (non-hydrogen) atoms. The second-order valence-corrected chi connectivity index (χ2v) is 4.02. The summed E-state index contributed by atoms with van der Waals surface area (Å²) in [5.74, 6) is 2.75. The van der Waals surface area contributed by atoms with E-state index >= 15 is 0 Å².